The molecule has 0 saturated carbocycles. The molecule has 2 aliphatic heterocycles. The van der Waals surface area contributed by atoms with Gasteiger partial charge in [0.1, 0.15) is 0 Å². The molecule has 2 heterocycles. The maximum absolute atomic E-state index is 12.5. The third kappa shape index (κ3) is 9.40. The van der Waals surface area contributed by atoms with E-state index in [9.17, 15) is 14.7 Å². The largest absolute Gasteiger partial charge is 0.481 e. The summed E-state index contributed by atoms with van der Waals surface area (Å²) in [6, 6.07) is 15.4. The number of ether oxygens (including phenoxy) is 3. The summed E-state index contributed by atoms with van der Waals surface area (Å²) in [6.07, 6.45) is 3.49. The second-order valence-corrected chi connectivity index (χ2v) is 10.2. The van der Waals surface area contributed by atoms with Gasteiger partial charge < -0.3 is 29.7 Å². The fourth-order valence-electron chi connectivity index (χ4n) is 5.01. The Morgan fingerprint density at radius 1 is 0.923 bits per heavy atom. The molecule has 0 aromatic heterocycles. The van der Waals surface area contributed by atoms with Crippen LogP contribution >= 0.6 is 0 Å². The summed E-state index contributed by atoms with van der Waals surface area (Å²) in [5, 5.41) is 21.1. The molecule has 1 amide bonds. The van der Waals surface area contributed by atoms with E-state index in [0.717, 1.165) is 75.2 Å². The molecule has 3 atom stereocenters. The summed E-state index contributed by atoms with van der Waals surface area (Å²) in [5.74, 6) is -0.847. The van der Waals surface area contributed by atoms with Crippen LogP contribution < -0.4 is 5.32 Å². The van der Waals surface area contributed by atoms with Crippen LogP contribution in [0.4, 0.5) is 5.69 Å². The second-order valence-electron chi connectivity index (χ2n) is 10.2. The minimum Gasteiger partial charge on any atom is -0.481 e. The van der Waals surface area contributed by atoms with Crippen LogP contribution in [0.3, 0.4) is 0 Å². The molecule has 2 saturated heterocycles. The molecular formula is C30H40N2O7. The first-order valence-corrected chi connectivity index (χ1v) is 13.9. The van der Waals surface area contributed by atoms with E-state index in [-0.39, 0.29) is 31.1 Å². The van der Waals surface area contributed by atoms with Crippen molar-refractivity contribution in [1.29, 1.82) is 0 Å². The third-order valence-corrected chi connectivity index (χ3v) is 7.17. The van der Waals surface area contributed by atoms with Gasteiger partial charge in [-0.3, -0.25) is 14.5 Å². The summed E-state index contributed by atoms with van der Waals surface area (Å²) in [7, 11) is 0. The van der Waals surface area contributed by atoms with Crippen molar-refractivity contribution in [1.82, 2.24) is 4.90 Å². The number of aliphatic hydroxyl groups is 1. The monoisotopic (exact) mass is 540 g/mol. The van der Waals surface area contributed by atoms with Gasteiger partial charge >= 0.3 is 5.97 Å². The number of amides is 1. The van der Waals surface area contributed by atoms with Crippen LogP contribution in [-0.2, 0) is 30.4 Å². The number of carbonyl (C=O) groups is 2. The fourth-order valence-corrected chi connectivity index (χ4v) is 5.01. The highest BCUT2D eigenvalue weighted by molar-refractivity contribution is 5.90. The molecule has 212 valence electrons. The molecule has 4 rings (SSSR count). The standard InChI is InChI=1S/C30H40N2O7/c33-21-22-10-12-23(13-11-22)27-19-26(20-32-14-16-37-17-15-32)38-30(39-27)24-6-5-7-25(18-24)31-28(34)8-3-1-2-4-9-29(35)36/h5-7,10-13,18,26-27,30,33H,1-4,8-9,14-17,19-21H2,(H,31,34)(H,35,36)/t26-,27+,30+/m0/s1. The highest BCUT2D eigenvalue weighted by Crippen LogP contribution is 2.38. The summed E-state index contributed by atoms with van der Waals surface area (Å²) in [5.41, 5.74) is 3.43. The number of nitrogens with zero attached hydrogens (tertiary/aromatic N) is 1. The zero-order chi connectivity index (χ0) is 27.5. The Kier molecular flexibility index (Phi) is 11.3. The maximum Gasteiger partial charge on any atom is 0.303 e. The molecule has 9 heteroatoms. The number of anilines is 1. The Labute approximate surface area is 230 Å². The number of carboxylic acids is 1. The van der Waals surface area contributed by atoms with E-state index in [0.29, 0.717) is 18.5 Å². The van der Waals surface area contributed by atoms with Crippen molar-refractivity contribution >= 4 is 17.6 Å². The predicted molar refractivity (Wildman–Crippen MR) is 146 cm³/mol. The highest BCUT2D eigenvalue weighted by atomic mass is 16.7. The van der Waals surface area contributed by atoms with Gasteiger partial charge in [-0.15, -0.1) is 0 Å². The smallest absolute Gasteiger partial charge is 0.303 e. The lowest BCUT2D eigenvalue weighted by molar-refractivity contribution is -0.253. The van der Waals surface area contributed by atoms with Crippen LogP contribution in [-0.4, -0.2) is 65.9 Å². The predicted octanol–water partition coefficient (Wildman–Crippen LogP) is 4.42. The number of unbranched alkanes of at least 4 members (excludes halogenated alkanes) is 3. The van der Waals surface area contributed by atoms with E-state index in [1.54, 1.807) is 0 Å². The minimum atomic E-state index is -0.781. The van der Waals surface area contributed by atoms with E-state index >= 15 is 0 Å². The zero-order valence-corrected chi connectivity index (χ0v) is 22.4. The summed E-state index contributed by atoms with van der Waals surface area (Å²) >= 11 is 0. The number of aliphatic carboxylic acids is 1. The number of morpholine rings is 1. The SMILES string of the molecule is O=C(O)CCCCCCC(=O)Nc1cccc([C@@H]2O[C@H](CN3CCOCC3)C[C@H](c3ccc(CO)cc3)O2)c1. The van der Waals surface area contributed by atoms with Crippen molar-refractivity contribution in [3.8, 4) is 0 Å². The van der Waals surface area contributed by atoms with Gasteiger partial charge in [0.2, 0.25) is 5.91 Å². The van der Waals surface area contributed by atoms with E-state index in [4.69, 9.17) is 19.3 Å². The Balaban J connectivity index is 1.38. The average molecular weight is 541 g/mol. The Hall–Kier alpha value is -2.82. The number of benzene rings is 2. The minimum absolute atomic E-state index is 0.000428. The van der Waals surface area contributed by atoms with Crippen molar-refractivity contribution in [3.63, 3.8) is 0 Å². The molecule has 39 heavy (non-hydrogen) atoms. The van der Waals surface area contributed by atoms with Gasteiger partial charge in [-0.05, 0) is 36.1 Å². The first-order chi connectivity index (χ1) is 19.0. The topological polar surface area (TPSA) is 118 Å². The normalized spacial score (nSPS) is 21.9. The number of rotatable bonds is 13. The molecule has 0 radical (unpaired) electrons. The molecule has 0 spiro atoms. The summed E-state index contributed by atoms with van der Waals surface area (Å²) in [4.78, 5) is 25.5. The summed E-state index contributed by atoms with van der Waals surface area (Å²) < 4.78 is 18.4. The molecule has 0 unspecified atom stereocenters. The number of nitrogens with one attached hydrogen (secondary N) is 1. The second kappa shape index (κ2) is 15.1. The van der Waals surface area contributed by atoms with Crippen LogP contribution in [0, 0.1) is 0 Å². The van der Waals surface area contributed by atoms with E-state index < -0.39 is 12.3 Å². The molecule has 0 aliphatic carbocycles. The molecule has 2 fully saturated rings. The Morgan fingerprint density at radius 2 is 1.67 bits per heavy atom. The van der Waals surface area contributed by atoms with E-state index in [1.807, 2.05) is 48.5 Å². The Morgan fingerprint density at radius 3 is 2.38 bits per heavy atom. The first-order valence-electron chi connectivity index (χ1n) is 13.9. The van der Waals surface area contributed by atoms with Gasteiger partial charge in [0.15, 0.2) is 6.29 Å². The number of carbonyl (C=O) groups excluding carboxylic acids is 1. The van der Waals surface area contributed by atoms with Crippen molar-refractivity contribution < 1.29 is 34.0 Å². The van der Waals surface area contributed by atoms with Crippen LogP contribution in [0.1, 0.15) is 74.0 Å². The van der Waals surface area contributed by atoms with Gasteiger partial charge in [0.25, 0.3) is 0 Å². The molecule has 2 aromatic rings. The van der Waals surface area contributed by atoms with Crippen molar-refractivity contribution in [3.05, 3.63) is 65.2 Å². The number of carboxylic acid groups (broad SMARTS) is 1. The number of hydrogen-bond acceptors (Lipinski definition) is 7. The zero-order valence-electron chi connectivity index (χ0n) is 22.4. The third-order valence-electron chi connectivity index (χ3n) is 7.17. The molecule has 0 bridgehead atoms. The van der Waals surface area contributed by atoms with Crippen LogP contribution in [0.2, 0.25) is 0 Å². The lowest BCUT2D eigenvalue weighted by Gasteiger charge is -2.39. The van der Waals surface area contributed by atoms with E-state index in [1.165, 1.54) is 0 Å². The van der Waals surface area contributed by atoms with Crippen LogP contribution in [0.25, 0.3) is 0 Å². The first kappa shape index (κ1) is 29.2. The average Bonchev–Trinajstić information content (AvgIpc) is 2.95. The van der Waals surface area contributed by atoms with Crippen molar-refractivity contribution in [2.45, 2.75) is 70.1 Å². The van der Waals surface area contributed by atoms with Crippen molar-refractivity contribution in [2.75, 3.05) is 38.2 Å². The quantitative estimate of drug-likeness (QED) is 0.320. The van der Waals surface area contributed by atoms with Gasteiger partial charge in [0.05, 0.1) is 32.0 Å². The number of hydrogen-bond donors (Lipinski definition) is 3. The molecule has 2 aromatic carbocycles. The van der Waals surface area contributed by atoms with E-state index in [2.05, 4.69) is 10.2 Å². The molecular weight excluding hydrogens is 500 g/mol. The lowest BCUT2D eigenvalue weighted by atomic mass is 9.99. The molecule has 2 aliphatic rings. The number of aliphatic hydroxyl groups excluding tert-OH is 1. The fraction of sp³-hybridized carbons (Fsp3) is 0.533. The highest BCUT2D eigenvalue weighted by Gasteiger charge is 2.33. The van der Waals surface area contributed by atoms with Gasteiger partial charge in [0, 0.05) is 50.1 Å². The van der Waals surface area contributed by atoms with Crippen LogP contribution in [0.5, 0.6) is 0 Å². The molecule has 9 nitrogen and oxygen atoms in total. The van der Waals surface area contributed by atoms with Gasteiger partial charge in [-0.1, -0.05) is 49.2 Å². The van der Waals surface area contributed by atoms with Crippen LogP contribution in [0.15, 0.2) is 48.5 Å². The van der Waals surface area contributed by atoms with Crippen molar-refractivity contribution in [2.24, 2.45) is 0 Å². The summed E-state index contributed by atoms with van der Waals surface area (Å²) in [6.45, 7) is 3.99. The Bertz CT molecular complexity index is 1060. The molecule has 3 N–H and O–H groups in total. The lowest BCUT2D eigenvalue weighted by Crippen LogP contribution is -2.44. The van der Waals surface area contributed by atoms with Gasteiger partial charge in [-0.2, -0.15) is 0 Å². The maximum atomic E-state index is 12.5. The van der Waals surface area contributed by atoms with Gasteiger partial charge in [-0.25, -0.2) is 0 Å².